The third-order valence-electron chi connectivity index (χ3n) is 6.47. The molecular weight excluding hydrogens is 547 g/mol. The second kappa shape index (κ2) is 14.1. The van der Waals surface area contributed by atoms with Gasteiger partial charge in [0.25, 0.3) is 5.82 Å². The van der Waals surface area contributed by atoms with Crippen LogP contribution in [0.2, 0.25) is 0 Å². The molecule has 1 aromatic heterocycles. The number of nitrogens with zero attached hydrogens (tertiary/aromatic N) is 5. The quantitative estimate of drug-likeness (QED) is 0.420. The first-order valence-corrected chi connectivity index (χ1v) is 12.0. The van der Waals surface area contributed by atoms with Crippen LogP contribution in [0.15, 0.2) is 48.5 Å². The van der Waals surface area contributed by atoms with E-state index in [-0.39, 0.29) is 56.9 Å². The van der Waals surface area contributed by atoms with Crippen LogP contribution in [0.3, 0.4) is 0 Å². The Morgan fingerprint density at radius 3 is 2.52 bits per heavy atom. The lowest BCUT2D eigenvalue weighted by Gasteiger charge is -2.39. The summed E-state index contributed by atoms with van der Waals surface area (Å²) >= 11 is 0. The van der Waals surface area contributed by atoms with Gasteiger partial charge >= 0.3 is 6.18 Å². The van der Waals surface area contributed by atoms with Gasteiger partial charge in [0.15, 0.2) is 0 Å². The molecule has 0 unspecified atom stereocenters. The summed E-state index contributed by atoms with van der Waals surface area (Å²) < 4.78 is 46.1. The summed E-state index contributed by atoms with van der Waals surface area (Å²) in [6, 6.07) is 14.3. The second-order valence-electron chi connectivity index (χ2n) is 8.95. The maximum atomic E-state index is 13.3. The Bertz CT molecular complexity index is 1270. The highest BCUT2D eigenvalue weighted by molar-refractivity contribution is 7.59. The largest absolute Gasteiger partial charge is 0.496 e. The normalized spacial score (nSPS) is 16.9. The molecule has 218 valence electrons. The minimum absolute atomic E-state index is 0. The van der Waals surface area contributed by atoms with Gasteiger partial charge in [0.2, 0.25) is 11.8 Å². The minimum atomic E-state index is -4.71. The molecule has 1 aliphatic rings. The molecule has 0 bridgehead atoms. The van der Waals surface area contributed by atoms with Crippen molar-refractivity contribution < 1.29 is 27.5 Å². The Balaban J connectivity index is 0.00000280. The zero-order valence-electron chi connectivity index (χ0n) is 21.4. The van der Waals surface area contributed by atoms with Crippen LogP contribution in [0.1, 0.15) is 43.6 Å². The second-order valence-corrected chi connectivity index (χ2v) is 8.95. The summed E-state index contributed by atoms with van der Waals surface area (Å²) in [7, 11) is 1.49. The Morgan fingerprint density at radius 1 is 1.15 bits per heavy atom. The number of hydrogen-bond donors (Lipinski definition) is 2. The van der Waals surface area contributed by atoms with Crippen LogP contribution in [-0.4, -0.2) is 69.7 Å². The van der Waals surface area contributed by atoms with E-state index >= 15 is 0 Å². The lowest BCUT2D eigenvalue weighted by Crippen LogP contribution is -2.51. The van der Waals surface area contributed by atoms with Crippen LogP contribution in [0.4, 0.5) is 13.2 Å². The van der Waals surface area contributed by atoms with Gasteiger partial charge in [-0.05, 0) is 40.6 Å². The van der Waals surface area contributed by atoms with E-state index in [2.05, 4.69) is 26.2 Å². The molecular formula is C26H34F3N7O3S. The summed E-state index contributed by atoms with van der Waals surface area (Å²) in [6.07, 6.45) is -4.07. The topological polar surface area (TPSA) is 114 Å². The van der Waals surface area contributed by atoms with Gasteiger partial charge in [-0.2, -0.15) is 31.3 Å². The van der Waals surface area contributed by atoms with Crippen LogP contribution >= 0.6 is 13.5 Å². The number of carbonyl (C=O) groups excluding carboxylic acids is 2. The van der Waals surface area contributed by atoms with Crippen molar-refractivity contribution in [3.8, 4) is 11.4 Å². The molecule has 10 nitrogen and oxygen atoms in total. The first-order chi connectivity index (χ1) is 18.2. The average Bonchev–Trinajstić information content (AvgIpc) is 3.42. The number of piperidine rings is 1. The van der Waals surface area contributed by atoms with Crippen molar-refractivity contribution in [2.24, 2.45) is 0 Å². The van der Waals surface area contributed by atoms with E-state index in [0.717, 1.165) is 5.56 Å². The Hall–Kier alpha value is -3.65. The van der Waals surface area contributed by atoms with Crippen LogP contribution in [0, 0.1) is 0 Å². The maximum absolute atomic E-state index is 13.3. The number of tetrazole rings is 1. The molecule has 14 heteroatoms. The number of carbonyl (C=O) groups is 2. The van der Waals surface area contributed by atoms with E-state index in [4.69, 9.17) is 4.74 Å². The van der Waals surface area contributed by atoms with Crippen LogP contribution < -0.4 is 15.4 Å². The SMILES string of the molecule is C.COc1ccc(-n2nnnc2C(F)(F)F)cc1CN[C@H]1CCN(C(=O)CNC(C)=O)C[C@H]1c1ccccc1.S. The van der Waals surface area contributed by atoms with Crippen LogP contribution in [-0.2, 0) is 22.3 Å². The molecule has 4 rings (SSSR count). The third kappa shape index (κ3) is 7.72. The number of halogens is 3. The molecule has 1 aliphatic heterocycles. The highest BCUT2D eigenvalue weighted by atomic mass is 32.1. The zero-order chi connectivity index (χ0) is 27.3. The number of hydrogen-bond acceptors (Lipinski definition) is 7. The number of alkyl halides is 3. The predicted molar refractivity (Wildman–Crippen MR) is 148 cm³/mol. The van der Waals surface area contributed by atoms with Gasteiger partial charge in [-0.1, -0.05) is 37.8 Å². The summed E-state index contributed by atoms with van der Waals surface area (Å²) in [6.45, 7) is 2.56. The number of likely N-dealkylation sites (tertiary alicyclic amines) is 1. The number of benzene rings is 2. The number of amides is 2. The monoisotopic (exact) mass is 581 g/mol. The molecule has 0 saturated carbocycles. The van der Waals surface area contributed by atoms with Crippen molar-refractivity contribution in [2.45, 2.75) is 45.5 Å². The minimum Gasteiger partial charge on any atom is -0.496 e. The number of ether oxygens (including phenoxy) is 1. The van der Waals surface area contributed by atoms with Crippen molar-refractivity contribution in [1.82, 2.24) is 35.7 Å². The molecule has 2 atom stereocenters. The van der Waals surface area contributed by atoms with Crippen LogP contribution in [0.5, 0.6) is 5.75 Å². The molecule has 40 heavy (non-hydrogen) atoms. The average molecular weight is 582 g/mol. The van der Waals surface area contributed by atoms with Gasteiger partial charge in [-0.25, -0.2) is 0 Å². The number of methoxy groups -OCH3 is 1. The van der Waals surface area contributed by atoms with Gasteiger partial charge in [0, 0.05) is 44.1 Å². The van der Waals surface area contributed by atoms with E-state index in [1.54, 1.807) is 17.0 Å². The molecule has 2 amide bonds. The fraction of sp³-hybridized carbons (Fsp3) is 0.423. The molecule has 0 aliphatic carbocycles. The summed E-state index contributed by atoms with van der Waals surface area (Å²) in [5.74, 6) is -1.19. The zero-order valence-corrected chi connectivity index (χ0v) is 22.4. The fourth-order valence-electron chi connectivity index (χ4n) is 4.59. The first-order valence-electron chi connectivity index (χ1n) is 12.0. The highest BCUT2D eigenvalue weighted by Crippen LogP contribution is 2.31. The molecule has 2 aromatic carbocycles. The maximum Gasteiger partial charge on any atom is 0.453 e. The van der Waals surface area contributed by atoms with Gasteiger partial charge in [-0.3, -0.25) is 9.59 Å². The standard InChI is InChI=1S/C25H28F3N7O3.CH4.H2S/c1-16(36)29-14-23(37)34-11-10-21(20(15-34)17-6-4-3-5-7-17)30-13-18-12-19(8-9-22(18)38-2)35-24(25(26,27)28)31-32-33-35;;/h3-9,12,20-21,30H,10-11,13-15H2,1-2H3,(H,29,36);1H4;1H2/t20-,21-;;/m0../s1. The smallest absolute Gasteiger partial charge is 0.453 e. The van der Waals surface area contributed by atoms with E-state index in [1.165, 1.54) is 20.1 Å². The first kappa shape index (κ1) is 32.6. The molecule has 0 radical (unpaired) electrons. The number of nitrogens with one attached hydrogen (secondary N) is 2. The van der Waals surface area contributed by atoms with Gasteiger partial charge in [-0.15, -0.1) is 5.10 Å². The Morgan fingerprint density at radius 2 is 1.88 bits per heavy atom. The molecule has 3 aromatic rings. The summed E-state index contributed by atoms with van der Waals surface area (Å²) in [5, 5.41) is 15.9. The Labute approximate surface area is 237 Å². The van der Waals surface area contributed by atoms with Crippen molar-refractivity contribution in [2.75, 3.05) is 26.7 Å². The lowest BCUT2D eigenvalue weighted by molar-refractivity contribution is -0.146. The summed E-state index contributed by atoms with van der Waals surface area (Å²) in [5.41, 5.74) is 1.83. The highest BCUT2D eigenvalue weighted by Gasteiger charge is 2.38. The summed E-state index contributed by atoms with van der Waals surface area (Å²) in [4.78, 5) is 25.6. The molecule has 1 saturated heterocycles. The van der Waals surface area contributed by atoms with Gasteiger partial charge < -0.3 is 20.3 Å². The molecule has 2 N–H and O–H groups in total. The van der Waals surface area contributed by atoms with E-state index < -0.39 is 12.0 Å². The van der Waals surface area contributed by atoms with Crippen molar-refractivity contribution >= 4 is 25.3 Å². The third-order valence-corrected chi connectivity index (χ3v) is 6.47. The number of aromatic nitrogens is 4. The van der Waals surface area contributed by atoms with Gasteiger partial charge in [0.05, 0.1) is 19.3 Å². The van der Waals surface area contributed by atoms with Crippen molar-refractivity contribution in [1.29, 1.82) is 0 Å². The fourth-order valence-corrected chi connectivity index (χ4v) is 4.59. The molecule has 2 heterocycles. The Kier molecular flexibility index (Phi) is 11.5. The predicted octanol–water partition coefficient (Wildman–Crippen LogP) is 3.05. The molecule has 1 fully saturated rings. The van der Waals surface area contributed by atoms with Gasteiger partial charge in [0.1, 0.15) is 5.75 Å². The molecule has 0 spiro atoms. The van der Waals surface area contributed by atoms with Crippen molar-refractivity contribution in [3.05, 3.63) is 65.5 Å². The van der Waals surface area contributed by atoms with E-state index in [1.807, 2.05) is 30.3 Å². The van der Waals surface area contributed by atoms with Crippen LogP contribution in [0.25, 0.3) is 5.69 Å². The van der Waals surface area contributed by atoms with E-state index in [9.17, 15) is 22.8 Å². The lowest BCUT2D eigenvalue weighted by atomic mass is 9.85. The number of rotatable bonds is 8. The van der Waals surface area contributed by atoms with E-state index in [0.29, 0.717) is 42.0 Å². The van der Waals surface area contributed by atoms with Crippen molar-refractivity contribution in [3.63, 3.8) is 0 Å².